The minimum Gasteiger partial charge on any atom is -0.356 e. The molecule has 0 amide bonds. The minimum atomic E-state index is -0.179. The Hall–Kier alpha value is -1.23. The number of nitrogens with one attached hydrogen (secondary N) is 2. The van der Waals surface area contributed by atoms with Gasteiger partial charge in [0.05, 0.1) is 0 Å². The molecule has 1 aromatic rings. The number of thioether (sulfide) groups is 1. The number of nitrogens with zero attached hydrogens (tertiary/aromatic N) is 1. The molecule has 0 saturated heterocycles. The van der Waals surface area contributed by atoms with Crippen LogP contribution in [0, 0.1) is 5.82 Å². The monoisotopic (exact) mass is 283 g/mol. The second-order valence-corrected chi connectivity index (χ2v) is 5.06. The molecule has 0 aromatic heterocycles. The Bertz CT molecular complexity index is 421. The average molecular weight is 283 g/mol. The summed E-state index contributed by atoms with van der Waals surface area (Å²) in [6.07, 6.45) is 3.07. The van der Waals surface area contributed by atoms with E-state index >= 15 is 0 Å². The summed E-state index contributed by atoms with van der Waals surface area (Å²) in [5, 5.41) is 6.46. The Morgan fingerprint density at radius 3 is 2.74 bits per heavy atom. The summed E-state index contributed by atoms with van der Waals surface area (Å²) in [4.78, 5) is 4.15. The molecular weight excluding hydrogens is 261 g/mol. The number of halogens is 1. The van der Waals surface area contributed by atoms with E-state index in [2.05, 4.69) is 22.5 Å². The van der Waals surface area contributed by atoms with Crippen molar-refractivity contribution in [1.82, 2.24) is 10.6 Å². The smallest absolute Gasteiger partial charge is 0.191 e. The van der Waals surface area contributed by atoms with Crippen molar-refractivity contribution in [2.24, 2.45) is 4.99 Å². The fourth-order valence-corrected chi connectivity index (χ4v) is 2.28. The van der Waals surface area contributed by atoms with Crippen LogP contribution in [0.25, 0.3) is 0 Å². The van der Waals surface area contributed by atoms with Gasteiger partial charge in [-0.3, -0.25) is 4.99 Å². The predicted molar refractivity (Wildman–Crippen MR) is 82.1 cm³/mol. The summed E-state index contributed by atoms with van der Waals surface area (Å²) >= 11 is 1.69. The Balaban J connectivity index is 2.65. The zero-order chi connectivity index (χ0) is 14.1. The predicted octanol–water partition coefficient (Wildman–Crippen LogP) is 2.76. The molecule has 19 heavy (non-hydrogen) atoms. The van der Waals surface area contributed by atoms with E-state index in [4.69, 9.17) is 0 Å². The Kier molecular flexibility index (Phi) is 7.33. The van der Waals surface area contributed by atoms with Crippen LogP contribution in [0.5, 0.6) is 0 Å². The van der Waals surface area contributed by atoms with Crippen LogP contribution in [0.3, 0.4) is 0 Å². The molecule has 0 atom stereocenters. The molecule has 106 valence electrons. The number of rotatable bonds is 6. The van der Waals surface area contributed by atoms with Gasteiger partial charge in [0, 0.05) is 25.9 Å². The van der Waals surface area contributed by atoms with Gasteiger partial charge in [0.25, 0.3) is 0 Å². The molecule has 3 nitrogen and oxygen atoms in total. The van der Waals surface area contributed by atoms with Gasteiger partial charge in [0.2, 0.25) is 0 Å². The number of hydrogen-bond donors (Lipinski definition) is 2. The van der Waals surface area contributed by atoms with Crippen molar-refractivity contribution in [1.29, 1.82) is 0 Å². The lowest BCUT2D eigenvalue weighted by Gasteiger charge is -2.13. The lowest BCUT2D eigenvalue weighted by atomic mass is 10.1. The third kappa shape index (κ3) is 5.51. The van der Waals surface area contributed by atoms with Gasteiger partial charge in [-0.2, -0.15) is 11.8 Å². The van der Waals surface area contributed by atoms with Gasteiger partial charge in [-0.05, 0) is 35.9 Å². The van der Waals surface area contributed by atoms with E-state index in [0.717, 1.165) is 35.8 Å². The van der Waals surface area contributed by atoms with Crippen LogP contribution in [0.4, 0.5) is 4.39 Å². The van der Waals surface area contributed by atoms with Gasteiger partial charge in [-0.1, -0.05) is 13.0 Å². The topological polar surface area (TPSA) is 36.4 Å². The molecule has 0 aliphatic rings. The molecule has 0 unspecified atom stereocenters. The van der Waals surface area contributed by atoms with Crippen LogP contribution in [0.15, 0.2) is 23.2 Å². The van der Waals surface area contributed by atoms with E-state index in [1.54, 1.807) is 24.9 Å². The zero-order valence-corrected chi connectivity index (χ0v) is 12.6. The number of guanidine groups is 1. The average Bonchev–Trinajstić information content (AvgIpc) is 2.41. The zero-order valence-electron chi connectivity index (χ0n) is 11.8. The van der Waals surface area contributed by atoms with Crippen LogP contribution in [-0.4, -0.2) is 25.8 Å². The van der Waals surface area contributed by atoms with Crippen LogP contribution < -0.4 is 10.6 Å². The SMILES string of the molecule is CCCNC(=NC)NCc1ccc(F)cc1CSC. The van der Waals surface area contributed by atoms with Gasteiger partial charge in [0.15, 0.2) is 5.96 Å². The van der Waals surface area contributed by atoms with Crippen molar-refractivity contribution in [3.63, 3.8) is 0 Å². The van der Waals surface area contributed by atoms with Crippen LogP contribution in [0.2, 0.25) is 0 Å². The molecule has 1 rings (SSSR count). The highest BCUT2D eigenvalue weighted by atomic mass is 32.2. The third-order valence-electron chi connectivity index (χ3n) is 2.68. The van der Waals surface area contributed by atoms with Gasteiger partial charge in [-0.25, -0.2) is 4.39 Å². The first-order valence-electron chi connectivity index (χ1n) is 6.42. The Labute approximate surface area is 119 Å². The van der Waals surface area contributed by atoms with E-state index in [1.807, 2.05) is 12.3 Å². The fraction of sp³-hybridized carbons (Fsp3) is 0.500. The van der Waals surface area contributed by atoms with Crippen molar-refractivity contribution in [2.45, 2.75) is 25.6 Å². The van der Waals surface area contributed by atoms with Crippen LogP contribution in [0.1, 0.15) is 24.5 Å². The largest absolute Gasteiger partial charge is 0.356 e. The standard InChI is InChI=1S/C14H22FN3S/c1-4-7-17-14(16-2)18-9-11-5-6-13(15)8-12(11)10-19-3/h5-6,8H,4,7,9-10H2,1-3H3,(H2,16,17,18). The highest BCUT2D eigenvalue weighted by molar-refractivity contribution is 7.97. The number of hydrogen-bond acceptors (Lipinski definition) is 2. The summed E-state index contributed by atoms with van der Waals surface area (Å²) in [7, 11) is 1.75. The lowest BCUT2D eigenvalue weighted by molar-refractivity contribution is 0.625. The Morgan fingerprint density at radius 2 is 2.11 bits per heavy atom. The Morgan fingerprint density at radius 1 is 1.32 bits per heavy atom. The molecule has 0 bridgehead atoms. The quantitative estimate of drug-likeness (QED) is 0.622. The molecule has 0 fully saturated rings. The molecule has 0 saturated carbocycles. The van der Waals surface area contributed by atoms with Crippen molar-refractivity contribution in [3.8, 4) is 0 Å². The van der Waals surface area contributed by atoms with E-state index in [0.29, 0.717) is 6.54 Å². The van der Waals surface area contributed by atoms with Crippen molar-refractivity contribution < 1.29 is 4.39 Å². The van der Waals surface area contributed by atoms with E-state index < -0.39 is 0 Å². The summed E-state index contributed by atoms with van der Waals surface area (Å²) in [5.41, 5.74) is 2.14. The normalized spacial score (nSPS) is 11.5. The second-order valence-electron chi connectivity index (χ2n) is 4.20. The highest BCUT2D eigenvalue weighted by Gasteiger charge is 2.05. The molecule has 2 N–H and O–H groups in total. The van der Waals surface area contributed by atoms with Gasteiger partial charge in [-0.15, -0.1) is 0 Å². The lowest BCUT2D eigenvalue weighted by Crippen LogP contribution is -2.37. The minimum absolute atomic E-state index is 0.179. The summed E-state index contributed by atoms with van der Waals surface area (Å²) in [6.45, 7) is 3.65. The molecule has 1 aromatic carbocycles. The number of aliphatic imine (C=N–C) groups is 1. The van der Waals surface area contributed by atoms with Gasteiger partial charge < -0.3 is 10.6 Å². The molecule has 0 aliphatic carbocycles. The van der Waals surface area contributed by atoms with Crippen molar-refractivity contribution >= 4 is 17.7 Å². The molecule has 0 radical (unpaired) electrons. The number of benzene rings is 1. The second kappa shape index (κ2) is 8.80. The summed E-state index contributed by atoms with van der Waals surface area (Å²) in [6, 6.07) is 4.94. The maximum absolute atomic E-state index is 13.2. The molecule has 0 heterocycles. The van der Waals surface area contributed by atoms with Gasteiger partial charge in [0.1, 0.15) is 5.82 Å². The molecular formula is C14H22FN3S. The maximum Gasteiger partial charge on any atom is 0.191 e. The molecule has 0 spiro atoms. The fourth-order valence-electron chi connectivity index (χ4n) is 1.70. The third-order valence-corrected chi connectivity index (χ3v) is 3.28. The van der Waals surface area contributed by atoms with Crippen molar-refractivity contribution in [2.75, 3.05) is 19.8 Å². The van der Waals surface area contributed by atoms with Gasteiger partial charge >= 0.3 is 0 Å². The first-order chi connectivity index (χ1) is 9.21. The molecule has 5 heteroatoms. The van der Waals surface area contributed by atoms with E-state index in [1.165, 1.54) is 6.07 Å². The summed E-state index contributed by atoms with van der Waals surface area (Å²) < 4.78 is 13.2. The maximum atomic E-state index is 13.2. The first-order valence-corrected chi connectivity index (χ1v) is 7.81. The highest BCUT2D eigenvalue weighted by Crippen LogP contribution is 2.16. The van der Waals surface area contributed by atoms with E-state index in [-0.39, 0.29) is 5.82 Å². The van der Waals surface area contributed by atoms with Crippen LogP contribution >= 0.6 is 11.8 Å². The van der Waals surface area contributed by atoms with Crippen LogP contribution in [-0.2, 0) is 12.3 Å². The summed E-state index contributed by atoms with van der Waals surface area (Å²) in [5.74, 6) is 1.41. The van der Waals surface area contributed by atoms with Crippen molar-refractivity contribution in [3.05, 3.63) is 35.1 Å². The molecule has 0 aliphatic heterocycles. The van der Waals surface area contributed by atoms with E-state index in [9.17, 15) is 4.39 Å². The first kappa shape index (κ1) is 15.8.